The Morgan fingerprint density at radius 3 is 1.10 bits per heavy atom. The molecule has 0 atom stereocenters. The molecular weight excluding hydrogens is 861 g/mol. The minimum absolute atomic E-state index is 0.625. The van der Waals surface area contributed by atoms with Gasteiger partial charge in [-0.25, -0.2) is 9.97 Å². The van der Waals surface area contributed by atoms with Crippen LogP contribution in [-0.2, 0) is 0 Å². The molecule has 10 nitrogen and oxygen atoms in total. The summed E-state index contributed by atoms with van der Waals surface area (Å²) in [6, 6.07) is 71.6. The van der Waals surface area contributed by atoms with Gasteiger partial charge in [0.05, 0.1) is 73.3 Å². The fourth-order valence-corrected chi connectivity index (χ4v) is 10.2. The average molecular weight is 899 g/mol. The Morgan fingerprint density at radius 2 is 0.657 bits per heavy atom. The van der Waals surface area contributed by atoms with Crippen molar-refractivity contribution in [3.05, 3.63) is 231 Å². The number of pyridine rings is 4. The first-order valence-corrected chi connectivity index (χ1v) is 23.2. The maximum absolute atomic E-state index is 5.45. The maximum Gasteiger partial charge on any atom is 0.160 e. The van der Waals surface area contributed by atoms with E-state index in [1.165, 1.54) is 0 Å². The van der Waals surface area contributed by atoms with Crippen molar-refractivity contribution in [2.45, 2.75) is 0 Å². The quantitative estimate of drug-likeness (QED) is 0.156. The third-order valence-electron chi connectivity index (χ3n) is 13.2. The lowest BCUT2D eigenvalue weighted by Crippen LogP contribution is -2.25. The van der Waals surface area contributed by atoms with E-state index in [4.69, 9.17) is 29.9 Å². The van der Waals surface area contributed by atoms with Crippen LogP contribution in [0.4, 0.5) is 34.1 Å². The topological polar surface area (TPSA) is 93.7 Å². The van der Waals surface area contributed by atoms with Crippen LogP contribution in [0.5, 0.6) is 0 Å². The minimum Gasteiger partial charge on any atom is -0.306 e. The standard InChI is InChI=1S/C60H38N10/c1-4-18-39(19-5-1)43-38-44(66-60(65-43)40-20-6-2-7-21-40)41-36-53(68-49-28-14-32-61-55(49)56-50(68)29-15-33-62-56)59(54(37-41)69-51-30-16-34-63-57(51)58-52(69)31-17-35-64-58)70-47-26-12-10-24-45(47)67(42-22-8-3-9-23-42)46-25-11-13-27-48(46)70/h1-38H. The lowest BCUT2D eigenvalue weighted by molar-refractivity contribution is 1.08. The molecule has 0 saturated heterocycles. The van der Waals surface area contributed by atoms with E-state index in [0.717, 1.165) is 118 Å². The zero-order valence-electron chi connectivity index (χ0n) is 37.4. The fraction of sp³-hybridized carbons (Fsp3) is 0. The molecule has 1 aliphatic heterocycles. The van der Waals surface area contributed by atoms with Crippen molar-refractivity contribution < 1.29 is 0 Å². The molecule has 328 valence electrons. The van der Waals surface area contributed by atoms with Crippen LogP contribution >= 0.6 is 0 Å². The van der Waals surface area contributed by atoms with E-state index in [0.29, 0.717) is 5.82 Å². The van der Waals surface area contributed by atoms with Gasteiger partial charge >= 0.3 is 0 Å². The van der Waals surface area contributed by atoms with Crippen LogP contribution in [0.1, 0.15) is 0 Å². The molecule has 10 heteroatoms. The van der Waals surface area contributed by atoms with Gasteiger partial charge in [0.2, 0.25) is 0 Å². The van der Waals surface area contributed by atoms with Crippen LogP contribution < -0.4 is 9.80 Å². The molecule has 0 N–H and O–H groups in total. The molecule has 13 aromatic rings. The first-order valence-electron chi connectivity index (χ1n) is 23.2. The van der Waals surface area contributed by atoms with Gasteiger partial charge in [-0.1, -0.05) is 103 Å². The summed E-state index contributed by atoms with van der Waals surface area (Å²) >= 11 is 0. The molecule has 70 heavy (non-hydrogen) atoms. The molecule has 0 bridgehead atoms. The molecule has 1 aliphatic rings. The summed E-state index contributed by atoms with van der Waals surface area (Å²) in [4.78, 5) is 35.4. The smallest absolute Gasteiger partial charge is 0.160 e. The minimum atomic E-state index is 0.625. The van der Waals surface area contributed by atoms with Crippen molar-refractivity contribution in [1.29, 1.82) is 0 Å². The van der Waals surface area contributed by atoms with Crippen molar-refractivity contribution in [1.82, 2.24) is 39.0 Å². The predicted molar refractivity (Wildman–Crippen MR) is 281 cm³/mol. The van der Waals surface area contributed by atoms with Gasteiger partial charge in [-0.05, 0) is 103 Å². The average Bonchev–Trinajstić information content (AvgIpc) is 3.96. The molecule has 6 aromatic carbocycles. The van der Waals surface area contributed by atoms with Gasteiger partial charge in [-0.15, -0.1) is 0 Å². The highest BCUT2D eigenvalue weighted by molar-refractivity contribution is 6.11. The summed E-state index contributed by atoms with van der Waals surface area (Å²) in [5, 5.41) is 0. The van der Waals surface area contributed by atoms with Crippen LogP contribution in [-0.4, -0.2) is 39.0 Å². The van der Waals surface area contributed by atoms with Crippen LogP contribution in [0.2, 0.25) is 0 Å². The number of nitrogens with zero attached hydrogens (tertiary/aromatic N) is 10. The maximum atomic E-state index is 5.45. The van der Waals surface area contributed by atoms with Crippen molar-refractivity contribution in [3.8, 4) is 45.3 Å². The summed E-state index contributed by atoms with van der Waals surface area (Å²) in [5.41, 5.74) is 19.0. The van der Waals surface area contributed by atoms with Crippen LogP contribution in [0.3, 0.4) is 0 Å². The predicted octanol–water partition coefficient (Wildman–Crippen LogP) is 14.5. The second-order valence-electron chi connectivity index (χ2n) is 17.2. The lowest BCUT2D eigenvalue weighted by Gasteiger charge is -2.41. The number of anilines is 6. The molecule has 0 unspecified atom stereocenters. The van der Waals surface area contributed by atoms with E-state index in [1.807, 2.05) is 85.5 Å². The van der Waals surface area contributed by atoms with Gasteiger partial charge in [0, 0.05) is 47.2 Å². The zero-order valence-corrected chi connectivity index (χ0v) is 37.4. The fourth-order valence-electron chi connectivity index (χ4n) is 10.2. The van der Waals surface area contributed by atoms with E-state index < -0.39 is 0 Å². The molecule has 0 saturated carbocycles. The number of benzene rings is 6. The molecular formula is C60H38N10. The molecule has 0 aliphatic carbocycles. The van der Waals surface area contributed by atoms with Crippen molar-refractivity contribution in [2.24, 2.45) is 0 Å². The van der Waals surface area contributed by atoms with E-state index in [2.05, 4.69) is 165 Å². The Morgan fingerprint density at radius 1 is 0.286 bits per heavy atom. The highest BCUT2D eigenvalue weighted by Gasteiger charge is 2.35. The highest BCUT2D eigenvalue weighted by atomic mass is 15.3. The number of rotatable bonds is 7. The number of hydrogen-bond donors (Lipinski definition) is 0. The van der Waals surface area contributed by atoms with E-state index in [-0.39, 0.29) is 0 Å². The first kappa shape index (κ1) is 39.4. The third kappa shape index (κ3) is 6.13. The molecule has 8 heterocycles. The lowest BCUT2D eigenvalue weighted by atomic mass is 10.00. The summed E-state index contributed by atoms with van der Waals surface area (Å²) < 4.78 is 4.65. The Balaban J connectivity index is 1.18. The van der Waals surface area contributed by atoms with E-state index >= 15 is 0 Å². The van der Waals surface area contributed by atoms with Crippen LogP contribution in [0.25, 0.3) is 89.4 Å². The molecule has 7 aromatic heterocycles. The molecule has 0 spiro atoms. The second-order valence-corrected chi connectivity index (χ2v) is 17.2. The number of aromatic nitrogens is 8. The van der Waals surface area contributed by atoms with Crippen LogP contribution in [0, 0.1) is 0 Å². The summed E-state index contributed by atoms with van der Waals surface area (Å²) in [7, 11) is 0. The molecule has 0 fully saturated rings. The van der Waals surface area contributed by atoms with Gasteiger partial charge in [0.1, 0.15) is 22.1 Å². The van der Waals surface area contributed by atoms with Gasteiger partial charge in [-0.3, -0.25) is 19.9 Å². The van der Waals surface area contributed by atoms with E-state index in [1.54, 1.807) is 0 Å². The second kappa shape index (κ2) is 15.9. The SMILES string of the molecule is c1ccc(-c2cc(-c3cc(-n4c5cccnc5c5ncccc54)c(N4c5ccccc5N(c5ccccc5)c5ccccc54)c(-n4c5cccnc5c5ncccc54)c3)nc(-c3ccccc3)n2)cc1. The van der Waals surface area contributed by atoms with Gasteiger partial charge in [-0.2, -0.15) is 0 Å². The van der Waals surface area contributed by atoms with Crippen LogP contribution in [0.15, 0.2) is 231 Å². The number of fused-ring (bicyclic) bond motifs is 8. The Labute approximate surface area is 401 Å². The zero-order chi connectivity index (χ0) is 46.1. The van der Waals surface area contributed by atoms with Crippen molar-refractivity contribution >= 4 is 78.3 Å². The van der Waals surface area contributed by atoms with Crippen molar-refractivity contribution in [3.63, 3.8) is 0 Å². The van der Waals surface area contributed by atoms with Crippen molar-refractivity contribution in [2.75, 3.05) is 9.80 Å². The van der Waals surface area contributed by atoms with Gasteiger partial charge < -0.3 is 18.9 Å². The summed E-state index contributed by atoms with van der Waals surface area (Å²) in [6.45, 7) is 0. The summed E-state index contributed by atoms with van der Waals surface area (Å²) in [6.07, 6.45) is 7.37. The Hall–Kier alpha value is -9.80. The largest absolute Gasteiger partial charge is 0.306 e. The monoisotopic (exact) mass is 898 g/mol. The highest BCUT2D eigenvalue weighted by Crippen LogP contribution is 2.57. The number of para-hydroxylation sites is 5. The third-order valence-corrected chi connectivity index (χ3v) is 13.2. The number of hydrogen-bond acceptors (Lipinski definition) is 8. The first-order chi connectivity index (χ1) is 34.8. The van der Waals surface area contributed by atoms with Gasteiger partial charge in [0.15, 0.2) is 5.82 Å². The molecule has 0 amide bonds. The summed E-state index contributed by atoms with van der Waals surface area (Å²) in [5.74, 6) is 0.625. The Bertz CT molecular complexity index is 3800. The normalized spacial score (nSPS) is 12.2. The molecule has 14 rings (SSSR count). The van der Waals surface area contributed by atoms with E-state index in [9.17, 15) is 0 Å². The van der Waals surface area contributed by atoms with Gasteiger partial charge in [0.25, 0.3) is 0 Å². The molecule has 0 radical (unpaired) electrons. The Kier molecular flexibility index (Phi) is 8.96.